The largest absolute Gasteiger partial charge is 0.455 e. The lowest BCUT2D eigenvalue weighted by Gasteiger charge is -2.12. The van der Waals surface area contributed by atoms with Gasteiger partial charge in [-0.1, -0.05) is 29.8 Å². The Bertz CT molecular complexity index is 625. The summed E-state index contributed by atoms with van der Waals surface area (Å²) in [4.78, 5) is 24.5. The third-order valence-corrected chi connectivity index (χ3v) is 4.28. The molecule has 0 saturated carbocycles. The molecule has 1 aromatic heterocycles. The molecule has 22 heavy (non-hydrogen) atoms. The van der Waals surface area contributed by atoms with E-state index in [4.69, 9.17) is 16.3 Å². The van der Waals surface area contributed by atoms with Gasteiger partial charge in [-0.2, -0.15) is 0 Å². The SMILES string of the molecule is C[C@H](NC(=O)COC(=O)Cc1ccc(Cl)cc1)c1cccs1. The number of carbonyl (C=O) groups excluding carboxylic acids is 2. The molecule has 0 aliphatic heterocycles. The summed E-state index contributed by atoms with van der Waals surface area (Å²) >= 11 is 7.34. The van der Waals surface area contributed by atoms with Crippen LogP contribution in [0.25, 0.3) is 0 Å². The first kappa shape index (κ1) is 16.5. The number of thiophene rings is 1. The van der Waals surface area contributed by atoms with Crippen LogP contribution in [0.3, 0.4) is 0 Å². The molecule has 1 amide bonds. The number of benzene rings is 1. The molecule has 4 nitrogen and oxygen atoms in total. The molecule has 1 heterocycles. The number of halogens is 1. The van der Waals surface area contributed by atoms with Gasteiger partial charge in [0.25, 0.3) is 5.91 Å². The summed E-state index contributed by atoms with van der Waals surface area (Å²) in [7, 11) is 0. The van der Waals surface area contributed by atoms with Gasteiger partial charge in [-0.25, -0.2) is 0 Å². The van der Waals surface area contributed by atoms with Crippen LogP contribution >= 0.6 is 22.9 Å². The smallest absolute Gasteiger partial charge is 0.310 e. The van der Waals surface area contributed by atoms with Crippen molar-refractivity contribution >= 4 is 34.8 Å². The average molecular weight is 338 g/mol. The molecule has 2 rings (SSSR count). The lowest BCUT2D eigenvalue weighted by Crippen LogP contribution is -2.31. The lowest BCUT2D eigenvalue weighted by atomic mass is 10.1. The van der Waals surface area contributed by atoms with Gasteiger partial charge in [-0.05, 0) is 36.1 Å². The van der Waals surface area contributed by atoms with Crippen molar-refractivity contribution in [3.05, 3.63) is 57.2 Å². The fraction of sp³-hybridized carbons (Fsp3) is 0.250. The molecule has 0 spiro atoms. The van der Waals surface area contributed by atoms with Crippen molar-refractivity contribution in [2.75, 3.05) is 6.61 Å². The minimum Gasteiger partial charge on any atom is -0.455 e. The molecule has 1 aromatic carbocycles. The number of nitrogens with one attached hydrogen (secondary N) is 1. The van der Waals surface area contributed by atoms with Crippen LogP contribution in [0.15, 0.2) is 41.8 Å². The number of hydrogen-bond acceptors (Lipinski definition) is 4. The van der Waals surface area contributed by atoms with E-state index in [1.165, 1.54) is 0 Å². The summed E-state index contributed by atoms with van der Waals surface area (Å²) < 4.78 is 4.98. The maximum absolute atomic E-state index is 11.7. The number of amides is 1. The van der Waals surface area contributed by atoms with Crippen molar-refractivity contribution in [1.82, 2.24) is 5.32 Å². The average Bonchev–Trinajstić information content (AvgIpc) is 3.02. The van der Waals surface area contributed by atoms with Crippen LogP contribution in [0, 0.1) is 0 Å². The third-order valence-electron chi connectivity index (χ3n) is 2.97. The van der Waals surface area contributed by atoms with Gasteiger partial charge >= 0.3 is 5.97 Å². The molecule has 0 unspecified atom stereocenters. The van der Waals surface area contributed by atoms with Crippen LogP contribution in [0.4, 0.5) is 0 Å². The molecular formula is C16H16ClNO3S. The summed E-state index contributed by atoms with van der Waals surface area (Å²) in [6.45, 7) is 1.61. The van der Waals surface area contributed by atoms with E-state index in [1.54, 1.807) is 35.6 Å². The first-order valence-electron chi connectivity index (χ1n) is 6.77. The summed E-state index contributed by atoms with van der Waals surface area (Å²) in [5, 5.41) is 5.34. The van der Waals surface area contributed by atoms with Crippen molar-refractivity contribution < 1.29 is 14.3 Å². The Balaban J connectivity index is 1.73. The van der Waals surface area contributed by atoms with Crippen molar-refractivity contribution in [3.8, 4) is 0 Å². The van der Waals surface area contributed by atoms with Gasteiger partial charge in [0.1, 0.15) is 0 Å². The highest BCUT2D eigenvalue weighted by molar-refractivity contribution is 7.10. The molecule has 0 bridgehead atoms. The highest BCUT2D eigenvalue weighted by atomic mass is 35.5. The van der Waals surface area contributed by atoms with Crippen LogP contribution in [0.1, 0.15) is 23.4 Å². The summed E-state index contributed by atoms with van der Waals surface area (Å²) in [6, 6.07) is 10.7. The molecule has 1 atom stereocenters. The molecule has 2 aromatic rings. The standard InChI is InChI=1S/C16H16ClNO3S/c1-11(14-3-2-8-22-14)18-15(19)10-21-16(20)9-12-4-6-13(17)7-5-12/h2-8,11H,9-10H2,1H3,(H,18,19)/t11-/m0/s1. The zero-order valence-corrected chi connectivity index (χ0v) is 13.6. The van der Waals surface area contributed by atoms with Crippen molar-refractivity contribution in [3.63, 3.8) is 0 Å². The van der Waals surface area contributed by atoms with E-state index in [2.05, 4.69) is 5.32 Å². The van der Waals surface area contributed by atoms with Crippen LogP contribution in [0.5, 0.6) is 0 Å². The monoisotopic (exact) mass is 337 g/mol. The number of esters is 1. The summed E-state index contributed by atoms with van der Waals surface area (Å²) in [5.41, 5.74) is 0.793. The summed E-state index contributed by atoms with van der Waals surface area (Å²) in [5.74, 6) is -0.758. The molecule has 0 aliphatic carbocycles. The Kier molecular flexibility index (Phi) is 5.98. The Labute approximate surface area is 138 Å². The van der Waals surface area contributed by atoms with Crippen LogP contribution in [0.2, 0.25) is 5.02 Å². The fourth-order valence-corrected chi connectivity index (χ4v) is 2.72. The van der Waals surface area contributed by atoms with E-state index in [0.717, 1.165) is 10.4 Å². The van der Waals surface area contributed by atoms with Gasteiger partial charge in [0.05, 0.1) is 12.5 Å². The van der Waals surface area contributed by atoms with Crippen LogP contribution in [-0.4, -0.2) is 18.5 Å². The number of rotatable bonds is 6. The maximum Gasteiger partial charge on any atom is 0.310 e. The molecule has 0 radical (unpaired) electrons. The van der Waals surface area contributed by atoms with Gasteiger partial charge in [0.15, 0.2) is 6.61 Å². The normalized spacial score (nSPS) is 11.7. The Hall–Kier alpha value is -1.85. The maximum atomic E-state index is 11.7. The second-order valence-electron chi connectivity index (χ2n) is 4.77. The topological polar surface area (TPSA) is 55.4 Å². The van der Waals surface area contributed by atoms with E-state index < -0.39 is 5.97 Å². The third kappa shape index (κ3) is 5.16. The van der Waals surface area contributed by atoms with Gasteiger partial charge in [-0.3, -0.25) is 9.59 Å². The minimum absolute atomic E-state index is 0.0949. The molecular weight excluding hydrogens is 322 g/mol. The zero-order valence-electron chi connectivity index (χ0n) is 12.0. The predicted octanol–water partition coefficient (Wildman–Crippen LogP) is 3.36. The molecule has 6 heteroatoms. The lowest BCUT2D eigenvalue weighted by molar-refractivity contribution is -0.148. The van der Waals surface area contributed by atoms with E-state index in [1.807, 2.05) is 24.4 Å². The van der Waals surface area contributed by atoms with E-state index >= 15 is 0 Å². The van der Waals surface area contributed by atoms with Gasteiger partial charge in [-0.15, -0.1) is 11.3 Å². The number of ether oxygens (including phenoxy) is 1. The van der Waals surface area contributed by atoms with Crippen LogP contribution < -0.4 is 5.32 Å². The van der Waals surface area contributed by atoms with Crippen LogP contribution in [-0.2, 0) is 20.7 Å². The predicted molar refractivity (Wildman–Crippen MR) is 87.0 cm³/mol. The summed E-state index contributed by atoms with van der Waals surface area (Å²) in [6.07, 6.45) is 0.116. The first-order valence-corrected chi connectivity index (χ1v) is 8.03. The van der Waals surface area contributed by atoms with E-state index in [9.17, 15) is 9.59 Å². The molecule has 0 fully saturated rings. The highest BCUT2D eigenvalue weighted by Gasteiger charge is 2.12. The Morgan fingerprint density at radius 1 is 1.27 bits per heavy atom. The van der Waals surface area contributed by atoms with E-state index in [0.29, 0.717) is 5.02 Å². The number of carbonyl (C=O) groups is 2. The van der Waals surface area contributed by atoms with Crippen molar-refractivity contribution in [2.24, 2.45) is 0 Å². The van der Waals surface area contributed by atoms with Gasteiger partial charge in [0, 0.05) is 9.90 Å². The molecule has 0 aliphatic rings. The van der Waals surface area contributed by atoms with Crippen molar-refractivity contribution in [2.45, 2.75) is 19.4 Å². The second-order valence-corrected chi connectivity index (χ2v) is 6.18. The first-order chi connectivity index (χ1) is 10.5. The van der Waals surface area contributed by atoms with Gasteiger partial charge in [0.2, 0.25) is 0 Å². The highest BCUT2D eigenvalue weighted by Crippen LogP contribution is 2.17. The molecule has 0 saturated heterocycles. The zero-order chi connectivity index (χ0) is 15.9. The second kappa shape index (κ2) is 7.96. The molecule has 116 valence electrons. The Morgan fingerprint density at radius 2 is 2.00 bits per heavy atom. The van der Waals surface area contributed by atoms with Gasteiger partial charge < -0.3 is 10.1 Å². The minimum atomic E-state index is -0.443. The fourth-order valence-electron chi connectivity index (χ4n) is 1.86. The quantitative estimate of drug-likeness (QED) is 0.822. The van der Waals surface area contributed by atoms with Crippen molar-refractivity contribution in [1.29, 1.82) is 0 Å². The Morgan fingerprint density at radius 3 is 2.64 bits per heavy atom. The van der Waals surface area contributed by atoms with E-state index in [-0.39, 0.29) is 25.0 Å². The molecule has 1 N–H and O–H groups in total. The number of hydrogen-bond donors (Lipinski definition) is 1.